The van der Waals surface area contributed by atoms with Gasteiger partial charge in [0.2, 0.25) is 0 Å². The van der Waals surface area contributed by atoms with Crippen LogP contribution in [0.3, 0.4) is 0 Å². The van der Waals surface area contributed by atoms with Crippen molar-refractivity contribution in [1.29, 1.82) is 0 Å². The summed E-state index contributed by atoms with van der Waals surface area (Å²) in [4.78, 5) is 14.5. The Morgan fingerprint density at radius 2 is 1.79 bits per heavy atom. The second kappa shape index (κ2) is 8.40. The first-order valence-corrected chi connectivity index (χ1v) is 9.75. The molecule has 1 aliphatic heterocycles. The second-order valence-electron chi connectivity index (χ2n) is 6.85. The SMILES string of the molecule is O=C(NCCc1ccc(Cl)cc1)c1ccc(N2CCc3ccccc3C2)nn1. The fraction of sp³-hybridized carbons (Fsp3) is 0.227. The van der Waals surface area contributed by atoms with Gasteiger partial charge in [-0.25, -0.2) is 0 Å². The highest BCUT2D eigenvalue weighted by atomic mass is 35.5. The lowest BCUT2D eigenvalue weighted by molar-refractivity contribution is 0.0948. The number of amides is 1. The van der Waals surface area contributed by atoms with Crippen molar-refractivity contribution >= 4 is 23.3 Å². The summed E-state index contributed by atoms with van der Waals surface area (Å²) in [5, 5.41) is 12.0. The summed E-state index contributed by atoms with van der Waals surface area (Å²) in [5.74, 6) is 0.587. The normalized spacial score (nSPS) is 13.1. The monoisotopic (exact) mass is 392 g/mol. The summed E-state index contributed by atoms with van der Waals surface area (Å²) >= 11 is 5.88. The number of nitrogens with one attached hydrogen (secondary N) is 1. The Hall–Kier alpha value is -2.92. The van der Waals surface area contributed by atoms with Crippen LogP contribution >= 0.6 is 11.6 Å². The highest BCUT2D eigenvalue weighted by Gasteiger charge is 2.18. The van der Waals surface area contributed by atoms with Crippen molar-refractivity contribution in [3.05, 3.63) is 88.1 Å². The molecule has 0 spiro atoms. The average molecular weight is 393 g/mol. The zero-order chi connectivity index (χ0) is 19.3. The second-order valence-corrected chi connectivity index (χ2v) is 7.29. The van der Waals surface area contributed by atoms with Gasteiger partial charge in [0.1, 0.15) is 0 Å². The number of benzene rings is 2. The van der Waals surface area contributed by atoms with E-state index in [1.165, 1.54) is 11.1 Å². The van der Waals surface area contributed by atoms with Crippen molar-refractivity contribution in [2.45, 2.75) is 19.4 Å². The van der Waals surface area contributed by atoms with Gasteiger partial charge in [-0.3, -0.25) is 4.79 Å². The number of carbonyl (C=O) groups excluding carboxylic acids is 1. The molecule has 2 heterocycles. The number of fused-ring (bicyclic) bond motifs is 1. The average Bonchev–Trinajstić information content (AvgIpc) is 2.75. The van der Waals surface area contributed by atoms with Crippen LogP contribution in [0.15, 0.2) is 60.7 Å². The van der Waals surface area contributed by atoms with Crippen molar-refractivity contribution in [2.75, 3.05) is 18.0 Å². The third-order valence-electron chi connectivity index (χ3n) is 4.95. The van der Waals surface area contributed by atoms with Crippen molar-refractivity contribution in [3.8, 4) is 0 Å². The van der Waals surface area contributed by atoms with Crippen LogP contribution in [-0.4, -0.2) is 29.2 Å². The molecule has 1 N–H and O–H groups in total. The van der Waals surface area contributed by atoms with Gasteiger partial charge in [0.25, 0.3) is 5.91 Å². The van der Waals surface area contributed by atoms with Crippen LogP contribution in [-0.2, 0) is 19.4 Å². The lowest BCUT2D eigenvalue weighted by Gasteiger charge is -2.29. The molecule has 0 atom stereocenters. The van der Waals surface area contributed by atoms with Crippen molar-refractivity contribution in [3.63, 3.8) is 0 Å². The van der Waals surface area contributed by atoms with Crippen LogP contribution in [0.2, 0.25) is 5.02 Å². The lowest BCUT2D eigenvalue weighted by Crippen LogP contribution is -2.31. The summed E-state index contributed by atoms with van der Waals surface area (Å²) in [5.41, 5.74) is 4.16. The highest BCUT2D eigenvalue weighted by molar-refractivity contribution is 6.30. The third-order valence-corrected chi connectivity index (χ3v) is 5.20. The van der Waals surface area contributed by atoms with E-state index in [0.29, 0.717) is 17.3 Å². The Kier molecular flexibility index (Phi) is 5.53. The number of carbonyl (C=O) groups is 1. The molecule has 1 amide bonds. The smallest absolute Gasteiger partial charge is 0.271 e. The maximum absolute atomic E-state index is 12.3. The van der Waals surface area contributed by atoms with Gasteiger partial charge in [-0.2, -0.15) is 0 Å². The molecule has 0 unspecified atom stereocenters. The van der Waals surface area contributed by atoms with Gasteiger partial charge in [0.05, 0.1) is 0 Å². The number of rotatable bonds is 5. The zero-order valence-electron chi connectivity index (χ0n) is 15.4. The molecular formula is C22H21ClN4O. The summed E-state index contributed by atoms with van der Waals surface area (Å²) in [6.07, 6.45) is 1.73. The molecular weight excluding hydrogens is 372 g/mol. The quantitative estimate of drug-likeness (QED) is 0.719. The van der Waals surface area contributed by atoms with Crippen LogP contribution in [0.1, 0.15) is 27.2 Å². The van der Waals surface area contributed by atoms with Crippen LogP contribution in [0.5, 0.6) is 0 Å². The van der Waals surface area contributed by atoms with Gasteiger partial charge in [0.15, 0.2) is 11.5 Å². The first-order chi connectivity index (χ1) is 13.7. The van der Waals surface area contributed by atoms with Gasteiger partial charge in [0, 0.05) is 24.7 Å². The molecule has 1 aromatic heterocycles. The van der Waals surface area contributed by atoms with Crippen molar-refractivity contribution in [2.24, 2.45) is 0 Å². The molecule has 0 radical (unpaired) electrons. The standard InChI is InChI=1S/C22H21ClN4O/c23-19-7-5-16(6-8-19)11-13-24-22(28)20-9-10-21(26-25-20)27-14-12-17-3-1-2-4-18(17)15-27/h1-10H,11-15H2,(H,24,28). The van der Waals surface area contributed by atoms with E-state index in [-0.39, 0.29) is 5.91 Å². The lowest BCUT2D eigenvalue weighted by atomic mass is 10.00. The molecule has 0 bridgehead atoms. The third kappa shape index (κ3) is 4.31. The van der Waals surface area contributed by atoms with Crippen LogP contribution < -0.4 is 10.2 Å². The molecule has 0 aliphatic carbocycles. The number of hydrogen-bond acceptors (Lipinski definition) is 4. The molecule has 3 aromatic rings. The first-order valence-electron chi connectivity index (χ1n) is 9.37. The molecule has 1 aliphatic rings. The van der Waals surface area contributed by atoms with E-state index in [9.17, 15) is 4.79 Å². The maximum atomic E-state index is 12.3. The van der Waals surface area contributed by atoms with Crippen LogP contribution in [0.4, 0.5) is 5.82 Å². The van der Waals surface area contributed by atoms with Gasteiger partial charge >= 0.3 is 0 Å². The molecule has 0 saturated heterocycles. The molecule has 2 aromatic carbocycles. The number of nitrogens with zero attached hydrogens (tertiary/aromatic N) is 3. The van der Waals surface area contributed by atoms with Crippen molar-refractivity contribution in [1.82, 2.24) is 15.5 Å². The maximum Gasteiger partial charge on any atom is 0.271 e. The summed E-state index contributed by atoms with van der Waals surface area (Å²) in [6, 6.07) is 19.7. The van der Waals surface area contributed by atoms with Crippen LogP contribution in [0.25, 0.3) is 0 Å². The summed E-state index contributed by atoms with van der Waals surface area (Å²) < 4.78 is 0. The number of anilines is 1. The van der Waals surface area contributed by atoms with E-state index in [1.807, 2.05) is 30.3 Å². The van der Waals surface area contributed by atoms with Gasteiger partial charge in [-0.1, -0.05) is 48.0 Å². The van der Waals surface area contributed by atoms with Gasteiger partial charge in [-0.05, 0) is 53.8 Å². The summed E-state index contributed by atoms with van der Waals surface area (Å²) in [7, 11) is 0. The summed E-state index contributed by atoms with van der Waals surface area (Å²) in [6.45, 7) is 2.25. The number of halogens is 1. The number of aromatic nitrogens is 2. The van der Waals surface area contributed by atoms with E-state index in [2.05, 4.69) is 44.7 Å². The van der Waals surface area contributed by atoms with Gasteiger partial charge < -0.3 is 10.2 Å². The molecule has 6 heteroatoms. The van der Waals surface area contributed by atoms with Crippen molar-refractivity contribution < 1.29 is 4.79 Å². The van der Waals surface area contributed by atoms with Crippen LogP contribution in [0, 0.1) is 0 Å². The Balaban J connectivity index is 1.33. The molecule has 5 nitrogen and oxygen atoms in total. The van der Waals surface area contributed by atoms with Gasteiger partial charge in [-0.15, -0.1) is 10.2 Å². The Bertz CT molecular complexity index is 957. The van der Waals surface area contributed by atoms with E-state index >= 15 is 0 Å². The molecule has 0 saturated carbocycles. The molecule has 4 rings (SSSR count). The minimum absolute atomic E-state index is 0.211. The predicted octanol–water partition coefficient (Wildman–Crippen LogP) is 3.67. The predicted molar refractivity (Wildman–Crippen MR) is 111 cm³/mol. The largest absolute Gasteiger partial charge is 0.350 e. The Labute approximate surface area is 169 Å². The van der Waals surface area contributed by atoms with E-state index < -0.39 is 0 Å². The van der Waals surface area contributed by atoms with E-state index in [4.69, 9.17) is 11.6 Å². The first kappa shape index (κ1) is 18.4. The van der Waals surface area contributed by atoms with E-state index in [1.54, 1.807) is 6.07 Å². The minimum atomic E-state index is -0.211. The molecule has 0 fully saturated rings. The number of hydrogen-bond donors (Lipinski definition) is 1. The molecule has 28 heavy (non-hydrogen) atoms. The minimum Gasteiger partial charge on any atom is -0.350 e. The Morgan fingerprint density at radius 3 is 2.54 bits per heavy atom. The fourth-order valence-electron chi connectivity index (χ4n) is 3.37. The highest BCUT2D eigenvalue weighted by Crippen LogP contribution is 2.22. The Morgan fingerprint density at radius 1 is 1.00 bits per heavy atom. The fourth-order valence-corrected chi connectivity index (χ4v) is 3.49. The topological polar surface area (TPSA) is 58.1 Å². The zero-order valence-corrected chi connectivity index (χ0v) is 16.2. The van der Waals surface area contributed by atoms with E-state index in [0.717, 1.165) is 37.3 Å². The molecule has 142 valence electrons.